The highest BCUT2D eigenvalue weighted by Crippen LogP contribution is 2.23. The van der Waals surface area contributed by atoms with Crippen molar-refractivity contribution in [1.29, 1.82) is 0 Å². The smallest absolute Gasteiger partial charge is 0.340 e. The zero-order valence-electron chi connectivity index (χ0n) is 11.0. The van der Waals surface area contributed by atoms with Crippen LogP contribution in [0.15, 0.2) is 18.2 Å². The van der Waals surface area contributed by atoms with Gasteiger partial charge in [-0.25, -0.2) is 4.79 Å². The summed E-state index contributed by atoms with van der Waals surface area (Å²) >= 11 is 0. The van der Waals surface area contributed by atoms with Crippen molar-refractivity contribution in [2.24, 2.45) is 0 Å². The summed E-state index contributed by atoms with van der Waals surface area (Å²) in [5.41, 5.74) is -0.188. The Kier molecular flexibility index (Phi) is 5.60. The minimum atomic E-state index is -0.671. The van der Waals surface area contributed by atoms with Gasteiger partial charge in [-0.2, -0.15) is 0 Å². The first kappa shape index (κ1) is 15.6. The van der Waals surface area contributed by atoms with Crippen molar-refractivity contribution in [2.45, 2.75) is 6.92 Å². The summed E-state index contributed by atoms with van der Waals surface area (Å²) in [7, 11) is 1.33. The maximum absolute atomic E-state index is 11.7. The van der Waals surface area contributed by atoms with Crippen LogP contribution in [0.5, 0.6) is 0 Å². The molecule has 0 heterocycles. The van der Waals surface area contributed by atoms with E-state index in [0.29, 0.717) is 0 Å². The first-order chi connectivity index (χ1) is 9.49. The number of nitro benzene ring substituents is 1. The van der Waals surface area contributed by atoms with Gasteiger partial charge in [0.25, 0.3) is 5.69 Å². The Morgan fingerprint density at radius 3 is 2.65 bits per heavy atom. The minimum absolute atomic E-state index is 0.0136. The van der Waals surface area contributed by atoms with Crippen LogP contribution < -0.4 is 5.32 Å². The Bertz CT molecular complexity index is 529. The zero-order chi connectivity index (χ0) is 15.1. The fraction of sp³-hybridized carbons (Fsp3) is 0.333. The number of hydrogen-bond acceptors (Lipinski definition) is 6. The van der Waals surface area contributed by atoms with Crippen molar-refractivity contribution in [2.75, 3.05) is 25.6 Å². The van der Waals surface area contributed by atoms with Crippen molar-refractivity contribution in [3.8, 4) is 0 Å². The number of carbonyl (C=O) groups is 2. The van der Waals surface area contributed by atoms with Gasteiger partial charge in [-0.05, 0) is 13.0 Å². The third-order valence-corrected chi connectivity index (χ3v) is 2.26. The Morgan fingerprint density at radius 1 is 1.40 bits per heavy atom. The van der Waals surface area contributed by atoms with Crippen molar-refractivity contribution < 1.29 is 24.0 Å². The number of nitrogens with zero attached hydrogens (tertiary/aromatic N) is 1. The summed E-state index contributed by atoms with van der Waals surface area (Å²) in [6.45, 7) is 1.55. The highest BCUT2D eigenvalue weighted by molar-refractivity contribution is 6.02. The van der Waals surface area contributed by atoms with Gasteiger partial charge in [0.05, 0.1) is 22.8 Å². The average Bonchev–Trinajstić information content (AvgIpc) is 2.39. The standard InChI is InChI=1S/C12H14N2O6/c1-3-20-12(16)9-5-4-8(14(17)18)6-10(9)13-11(15)7-19-2/h4-6H,3,7H2,1-2H3,(H,13,15). The highest BCUT2D eigenvalue weighted by atomic mass is 16.6. The van der Waals surface area contributed by atoms with Crippen LogP contribution in [-0.2, 0) is 14.3 Å². The fourth-order valence-electron chi connectivity index (χ4n) is 1.45. The number of anilines is 1. The van der Waals surface area contributed by atoms with Crippen molar-refractivity contribution in [3.63, 3.8) is 0 Å². The zero-order valence-corrected chi connectivity index (χ0v) is 11.0. The Balaban J connectivity index is 3.12. The van der Waals surface area contributed by atoms with Crippen molar-refractivity contribution >= 4 is 23.3 Å². The largest absolute Gasteiger partial charge is 0.462 e. The first-order valence-corrected chi connectivity index (χ1v) is 5.74. The van der Waals surface area contributed by atoms with Gasteiger partial charge >= 0.3 is 5.97 Å². The van der Waals surface area contributed by atoms with Gasteiger partial charge in [0.2, 0.25) is 5.91 Å². The Hall–Kier alpha value is -2.48. The second-order valence-electron chi connectivity index (χ2n) is 3.69. The van der Waals surface area contributed by atoms with E-state index >= 15 is 0 Å². The van der Waals surface area contributed by atoms with Crippen LogP contribution in [0.2, 0.25) is 0 Å². The SMILES string of the molecule is CCOC(=O)c1ccc([N+](=O)[O-])cc1NC(=O)COC. The average molecular weight is 282 g/mol. The number of esters is 1. The molecule has 0 aliphatic rings. The molecule has 0 atom stereocenters. The summed E-state index contributed by atoms with van der Waals surface area (Å²) < 4.78 is 9.46. The molecule has 0 radical (unpaired) electrons. The molecule has 8 nitrogen and oxygen atoms in total. The van der Waals surface area contributed by atoms with E-state index in [4.69, 9.17) is 4.74 Å². The summed E-state index contributed by atoms with van der Waals surface area (Å²) in [6.07, 6.45) is 0. The van der Waals surface area contributed by atoms with Crippen LogP contribution >= 0.6 is 0 Å². The van der Waals surface area contributed by atoms with Gasteiger partial charge < -0.3 is 14.8 Å². The maximum atomic E-state index is 11.7. The summed E-state index contributed by atoms with van der Waals surface area (Å²) in [5, 5.41) is 13.1. The molecule has 0 fully saturated rings. The molecule has 20 heavy (non-hydrogen) atoms. The Morgan fingerprint density at radius 2 is 2.10 bits per heavy atom. The summed E-state index contributed by atoms with van der Waals surface area (Å²) in [5.74, 6) is -1.20. The number of ether oxygens (including phenoxy) is 2. The van der Waals surface area contributed by atoms with Gasteiger partial charge in [-0.3, -0.25) is 14.9 Å². The monoisotopic (exact) mass is 282 g/mol. The van der Waals surface area contributed by atoms with Crippen LogP contribution in [0, 0.1) is 10.1 Å². The number of amides is 1. The predicted octanol–water partition coefficient (Wildman–Crippen LogP) is 1.36. The number of non-ortho nitro benzene ring substituents is 1. The topological polar surface area (TPSA) is 108 Å². The molecule has 8 heteroatoms. The van der Waals surface area contributed by atoms with Crippen LogP contribution in [-0.4, -0.2) is 37.1 Å². The lowest BCUT2D eigenvalue weighted by Gasteiger charge is -2.10. The van der Waals surface area contributed by atoms with E-state index in [1.54, 1.807) is 6.92 Å². The number of nitro groups is 1. The molecule has 0 bridgehead atoms. The lowest BCUT2D eigenvalue weighted by molar-refractivity contribution is -0.384. The molecule has 1 amide bonds. The second-order valence-corrected chi connectivity index (χ2v) is 3.69. The Labute approximate surface area is 114 Å². The summed E-state index contributed by atoms with van der Waals surface area (Å²) in [4.78, 5) is 33.3. The molecule has 0 unspecified atom stereocenters. The van der Waals surface area contributed by atoms with Crippen LogP contribution in [0.1, 0.15) is 17.3 Å². The van der Waals surface area contributed by atoms with E-state index in [1.807, 2.05) is 0 Å². The molecule has 0 aliphatic carbocycles. The molecule has 0 aromatic heterocycles. The van der Waals surface area contributed by atoms with Gasteiger partial charge in [0.15, 0.2) is 0 Å². The van der Waals surface area contributed by atoms with E-state index < -0.39 is 16.8 Å². The molecular weight excluding hydrogens is 268 g/mol. The van der Waals surface area contributed by atoms with Crippen molar-refractivity contribution in [1.82, 2.24) is 0 Å². The maximum Gasteiger partial charge on any atom is 0.340 e. The van der Waals surface area contributed by atoms with Crippen LogP contribution in [0.3, 0.4) is 0 Å². The lowest BCUT2D eigenvalue weighted by atomic mass is 10.1. The molecule has 108 valence electrons. The minimum Gasteiger partial charge on any atom is -0.462 e. The van der Waals surface area contributed by atoms with Gasteiger partial charge in [-0.1, -0.05) is 0 Å². The van der Waals surface area contributed by atoms with Gasteiger partial charge in [0, 0.05) is 19.2 Å². The van der Waals surface area contributed by atoms with E-state index in [1.165, 1.54) is 13.2 Å². The predicted molar refractivity (Wildman–Crippen MR) is 69.6 cm³/mol. The number of benzene rings is 1. The normalized spacial score (nSPS) is 9.90. The quantitative estimate of drug-likeness (QED) is 0.479. The molecule has 0 saturated heterocycles. The van der Waals surface area contributed by atoms with E-state index in [2.05, 4.69) is 10.1 Å². The molecule has 1 aromatic carbocycles. The summed E-state index contributed by atoms with van der Waals surface area (Å²) in [6, 6.07) is 3.50. The molecule has 1 N–H and O–H groups in total. The van der Waals surface area contributed by atoms with Gasteiger partial charge in [-0.15, -0.1) is 0 Å². The third kappa shape index (κ3) is 4.02. The molecule has 0 aliphatic heterocycles. The van der Waals surface area contributed by atoms with Gasteiger partial charge in [0.1, 0.15) is 6.61 Å². The van der Waals surface area contributed by atoms with E-state index in [9.17, 15) is 19.7 Å². The second kappa shape index (κ2) is 7.19. The van der Waals surface area contributed by atoms with Crippen molar-refractivity contribution in [3.05, 3.63) is 33.9 Å². The molecular formula is C12H14N2O6. The molecule has 0 spiro atoms. The number of nitrogens with one attached hydrogen (secondary N) is 1. The van der Waals surface area contributed by atoms with Crippen LogP contribution in [0.25, 0.3) is 0 Å². The third-order valence-electron chi connectivity index (χ3n) is 2.26. The number of rotatable bonds is 6. The van der Waals surface area contributed by atoms with E-state index in [0.717, 1.165) is 12.1 Å². The molecule has 1 rings (SSSR count). The lowest BCUT2D eigenvalue weighted by Crippen LogP contribution is -2.19. The number of carbonyl (C=O) groups excluding carboxylic acids is 2. The first-order valence-electron chi connectivity index (χ1n) is 5.74. The molecule has 0 saturated carbocycles. The number of hydrogen-bond donors (Lipinski definition) is 1. The molecule has 1 aromatic rings. The number of methoxy groups -OCH3 is 1. The fourth-order valence-corrected chi connectivity index (χ4v) is 1.45. The highest BCUT2D eigenvalue weighted by Gasteiger charge is 2.18. The van der Waals surface area contributed by atoms with Crippen LogP contribution in [0.4, 0.5) is 11.4 Å². The van der Waals surface area contributed by atoms with E-state index in [-0.39, 0.29) is 30.2 Å².